The second-order valence-corrected chi connectivity index (χ2v) is 4.80. The van der Waals surface area contributed by atoms with E-state index < -0.39 is 11.9 Å². The Labute approximate surface area is 112 Å². The summed E-state index contributed by atoms with van der Waals surface area (Å²) in [7, 11) is 1.31. The van der Waals surface area contributed by atoms with Crippen LogP contribution in [0.2, 0.25) is 0 Å². The molecule has 1 aliphatic rings. The molecule has 0 aliphatic heterocycles. The van der Waals surface area contributed by atoms with E-state index in [-0.39, 0.29) is 36.1 Å². The van der Waals surface area contributed by atoms with Gasteiger partial charge >= 0.3 is 6.18 Å². The second-order valence-electron chi connectivity index (χ2n) is 4.80. The fourth-order valence-corrected chi connectivity index (χ4v) is 2.42. The second kappa shape index (κ2) is 4.22. The smallest absolute Gasteiger partial charge is 0.431 e. The van der Waals surface area contributed by atoms with Crippen molar-refractivity contribution < 1.29 is 22.7 Å². The summed E-state index contributed by atoms with van der Waals surface area (Å²) in [4.78, 5) is 15.1. The summed E-state index contributed by atoms with van der Waals surface area (Å²) < 4.78 is 45.5. The molecule has 0 spiro atoms. The van der Waals surface area contributed by atoms with Gasteiger partial charge in [0.1, 0.15) is 23.1 Å². The minimum atomic E-state index is -4.52. The Balaban J connectivity index is 2.21. The fraction of sp³-hybridized carbons (Fsp3) is 0.385. The predicted octanol–water partition coefficient (Wildman–Crippen LogP) is 2.81. The number of pyridine rings is 1. The minimum absolute atomic E-state index is 0.0498. The van der Waals surface area contributed by atoms with Gasteiger partial charge in [-0.3, -0.25) is 9.20 Å². The van der Waals surface area contributed by atoms with Crippen LogP contribution in [-0.2, 0) is 11.0 Å². The maximum atomic E-state index is 13.2. The zero-order valence-corrected chi connectivity index (χ0v) is 10.6. The number of imidazole rings is 1. The summed E-state index contributed by atoms with van der Waals surface area (Å²) in [5.41, 5.74) is -0.523. The van der Waals surface area contributed by atoms with E-state index in [9.17, 15) is 18.0 Å². The third-order valence-corrected chi connectivity index (χ3v) is 3.47. The molecule has 1 fully saturated rings. The molecule has 7 heteroatoms. The first-order valence-corrected chi connectivity index (χ1v) is 6.04. The number of nitrogens with zero attached hydrogens (tertiary/aromatic N) is 2. The van der Waals surface area contributed by atoms with Crippen LogP contribution in [0.5, 0.6) is 5.75 Å². The van der Waals surface area contributed by atoms with E-state index in [4.69, 9.17) is 4.74 Å². The largest absolute Gasteiger partial charge is 0.497 e. The maximum Gasteiger partial charge on any atom is 0.431 e. The quantitative estimate of drug-likeness (QED) is 0.851. The Hall–Kier alpha value is -2.05. The SMILES string of the molecule is COc1cc(C(F)(F)F)n2c(C3CC(=O)C3)ncc2c1. The fourth-order valence-electron chi connectivity index (χ4n) is 2.42. The standard InChI is InChI=1S/C13H11F3N2O2/c1-20-10-4-8-6-17-12(7-2-9(19)3-7)18(8)11(5-10)13(14,15)16/h4-7H,2-3H2,1H3. The molecule has 0 atom stereocenters. The zero-order chi connectivity index (χ0) is 14.5. The van der Waals surface area contributed by atoms with Crippen LogP contribution in [-0.4, -0.2) is 22.3 Å². The molecule has 106 valence electrons. The number of carbonyl (C=O) groups excluding carboxylic acids is 1. The van der Waals surface area contributed by atoms with Crippen molar-refractivity contribution >= 4 is 11.3 Å². The number of rotatable bonds is 2. The number of ether oxygens (including phenoxy) is 1. The Kier molecular flexibility index (Phi) is 2.74. The van der Waals surface area contributed by atoms with E-state index in [1.807, 2.05) is 0 Å². The number of ketones is 1. The van der Waals surface area contributed by atoms with Crippen molar-refractivity contribution in [2.24, 2.45) is 0 Å². The average Bonchev–Trinajstić information content (AvgIpc) is 2.75. The first kappa shape index (κ1) is 13.0. The topological polar surface area (TPSA) is 43.6 Å². The highest BCUT2D eigenvalue weighted by molar-refractivity contribution is 5.86. The molecule has 20 heavy (non-hydrogen) atoms. The molecule has 0 aromatic carbocycles. The Morgan fingerprint density at radius 3 is 2.60 bits per heavy atom. The van der Waals surface area contributed by atoms with Crippen LogP contribution >= 0.6 is 0 Å². The number of halogens is 3. The van der Waals surface area contributed by atoms with Gasteiger partial charge in [-0.15, -0.1) is 0 Å². The van der Waals surface area contributed by atoms with E-state index in [2.05, 4.69) is 4.98 Å². The monoisotopic (exact) mass is 284 g/mol. The van der Waals surface area contributed by atoms with E-state index in [0.717, 1.165) is 10.5 Å². The summed E-state index contributed by atoms with van der Waals surface area (Å²) in [6.45, 7) is 0. The van der Waals surface area contributed by atoms with E-state index in [1.54, 1.807) is 0 Å². The van der Waals surface area contributed by atoms with Gasteiger partial charge in [-0.25, -0.2) is 4.98 Å². The summed E-state index contributed by atoms with van der Waals surface area (Å²) in [5, 5.41) is 0. The maximum absolute atomic E-state index is 13.2. The van der Waals surface area contributed by atoms with Crippen molar-refractivity contribution in [3.05, 3.63) is 29.8 Å². The summed E-state index contributed by atoms with van der Waals surface area (Å²) in [6.07, 6.45) is -2.64. The molecule has 0 unspecified atom stereocenters. The molecule has 2 aromatic heterocycles. The Morgan fingerprint density at radius 2 is 2.05 bits per heavy atom. The molecule has 0 amide bonds. The summed E-state index contributed by atoms with van der Waals surface area (Å²) >= 11 is 0. The van der Waals surface area contributed by atoms with Gasteiger partial charge in [-0.05, 0) is 0 Å². The first-order chi connectivity index (χ1) is 9.40. The lowest BCUT2D eigenvalue weighted by molar-refractivity contribution is -0.142. The van der Waals surface area contributed by atoms with E-state index in [1.165, 1.54) is 19.4 Å². The van der Waals surface area contributed by atoms with E-state index >= 15 is 0 Å². The molecule has 1 saturated carbocycles. The van der Waals surface area contributed by atoms with Gasteiger partial charge in [-0.1, -0.05) is 0 Å². The molecular formula is C13H11F3N2O2. The van der Waals surface area contributed by atoms with Crippen molar-refractivity contribution in [1.29, 1.82) is 0 Å². The van der Waals surface area contributed by atoms with E-state index in [0.29, 0.717) is 5.52 Å². The highest BCUT2D eigenvalue weighted by Gasteiger charge is 2.38. The zero-order valence-electron chi connectivity index (χ0n) is 10.6. The van der Waals surface area contributed by atoms with Crippen LogP contribution in [0.4, 0.5) is 13.2 Å². The Bertz CT molecular complexity index is 683. The van der Waals surface area contributed by atoms with Crippen molar-refractivity contribution in [2.75, 3.05) is 7.11 Å². The molecule has 0 N–H and O–H groups in total. The van der Waals surface area contributed by atoms with Crippen molar-refractivity contribution in [3.63, 3.8) is 0 Å². The number of hydrogen-bond donors (Lipinski definition) is 0. The number of carbonyl (C=O) groups is 1. The molecule has 4 nitrogen and oxygen atoms in total. The third kappa shape index (κ3) is 1.93. The van der Waals surface area contributed by atoms with Crippen LogP contribution in [0.25, 0.3) is 5.52 Å². The van der Waals surface area contributed by atoms with Gasteiger partial charge in [0.25, 0.3) is 0 Å². The lowest BCUT2D eigenvalue weighted by Gasteiger charge is -2.24. The molecule has 0 saturated heterocycles. The van der Waals surface area contributed by atoms with Gasteiger partial charge < -0.3 is 4.74 Å². The number of Topliss-reactive ketones (excluding diaryl/α,β-unsaturated/α-hetero) is 1. The van der Waals surface area contributed by atoms with Crippen molar-refractivity contribution in [1.82, 2.24) is 9.38 Å². The number of alkyl halides is 3. The van der Waals surface area contributed by atoms with Crippen LogP contribution < -0.4 is 4.74 Å². The van der Waals surface area contributed by atoms with Gasteiger partial charge in [0.2, 0.25) is 0 Å². The van der Waals surface area contributed by atoms with Gasteiger partial charge in [0, 0.05) is 30.9 Å². The van der Waals surface area contributed by atoms with Crippen molar-refractivity contribution in [3.8, 4) is 5.75 Å². The van der Waals surface area contributed by atoms with Crippen LogP contribution in [0.3, 0.4) is 0 Å². The predicted molar refractivity (Wildman–Crippen MR) is 63.7 cm³/mol. The van der Waals surface area contributed by atoms with Gasteiger partial charge in [-0.2, -0.15) is 13.2 Å². The number of fused-ring (bicyclic) bond motifs is 1. The van der Waals surface area contributed by atoms with Gasteiger partial charge in [0.05, 0.1) is 18.8 Å². The molecule has 3 rings (SSSR count). The van der Waals surface area contributed by atoms with Crippen LogP contribution in [0, 0.1) is 0 Å². The average molecular weight is 284 g/mol. The molecule has 2 heterocycles. The summed E-state index contributed by atoms with van der Waals surface area (Å²) in [5.74, 6) is 0.226. The highest BCUT2D eigenvalue weighted by atomic mass is 19.4. The van der Waals surface area contributed by atoms with Crippen molar-refractivity contribution in [2.45, 2.75) is 24.9 Å². The minimum Gasteiger partial charge on any atom is -0.497 e. The molecule has 1 aliphatic carbocycles. The number of methoxy groups -OCH3 is 1. The van der Waals surface area contributed by atoms with Crippen LogP contribution in [0.1, 0.15) is 30.3 Å². The van der Waals surface area contributed by atoms with Crippen LogP contribution in [0.15, 0.2) is 18.3 Å². The number of hydrogen-bond acceptors (Lipinski definition) is 3. The molecular weight excluding hydrogens is 273 g/mol. The van der Waals surface area contributed by atoms with Gasteiger partial charge in [0.15, 0.2) is 0 Å². The first-order valence-electron chi connectivity index (χ1n) is 6.04. The molecule has 2 aromatic rings. The number of aromatic nitrogens is 2. The lowest BCUT2D eigenvalue weighted by atomic mass is 9.83. The molecule has 0 bridgehead atoms. The normalized spacial score (nSPS) is 16.5. The third-order valence-electron chi connectivity index (χ3n) is 3.47. The lowest BCUT2D eigenvalue weighted by Crippen LogP contribution is -2.24. The Morgan fingerprint density at radius 1 is 1.35 bits per heavy atom. The summed E-state index contributed by atoms with van der Waals surface area (Å²) in [6, 6.07) is 2.44. The highest BCUT2D eigenvalue weighted by Crippen LogP contribution is 2.38. The molecule has 0 radical (unpaired) electrons.